The first-order valence-corrected chi connectivity index (χ1v) is 5.86. The fourth-order valence-corrected chi connectivity index (χ4v) is 1.88. The Hall–Kier alpha value is -2.71. The van der Waals surface area contributed by atoms with Crippen LogP contribution >= 0.6 is 0 Å². The average Bonchev–Trinajstić information content (AvgIpc) is 2.95. The fraction of sp³-hybridized carbons (Fsp3) is 0.364. The summed E-state index contributed by atoms with van der Waals surface area (Å²) >= 11 is 0. The van der Waals surface area contributed by atoms with Crippen molar-refractivity contribution >= 4 is 11.7 Å². The van der Waals surface area contributed by atoms with Crippen LogP contribution in [-0.4, -0.2) is 35.3 Å². The Morgan fingerprint density at radius 1 is 1.55 bits per heavy atom. The van der Waals surface area contributed by atoms with E-state index < -0.39 is 10.9 Å². The normalized spacial score (nSPS) is 10.9. The Morgan fingerprint density at radius 3 is 2.80 bits per heavy atom. The molecule has 0 saturated heterocycles. The smallest absolute Gasteiger partial charge is 0.352 e. The molecule has 0 aliphatic heterocycles. The largest absolute Gasteiger partial charge is 0.477 e. The van der Waals surface area contributed by atoms with E-state index in [-0.39, 0.29) is 24.0 Å². The van der Waals surface area contributed by atoms with Crippen LogP contribution in [0.25, 0.3) is 0 Å². The van der Waals surface area contributed by atoms with Crippen molar-refractivity contribution in [2.45, 2.75) is 26.4 Å². The third-order valence-electron chi connectivity index (χ3n) is 2.76. The third kappa shape index (κ3) is 2.51. The van der Waals surface area contributed by atoms with Crippen LogP contribution in [0.3, 0.4) is 0 Å². The van der Waals surface area contributed by atoms with E-state index in [9.17, 15) is 14.9 Å². The molecule has 1 N–H and O–H groups in total. The Morgan fingerprint density at radius 2 is 2.25 bits per heavy atom. The number of carboxylic acids is 1. The monoisotopic (exact) mass is 279 g/mol. The predicted octanol–water partition coefficient (Wildman–Crippen LogP) is 1.32. The summed E-state index contributed by atoms with van der Waals surface area (Å²) in [5.74, 6) is -0.693. The molecule has 9 heteroatoms. The van der Waals surface area contributed by atoms with Crippen LogP contribution in [0.1, 0.15) is 36.2 Å². The van der Waals surface area contributed by atoms with Gasteiger partial charge in [-0.2, -0.15) is 5.10 Å². The highest BCUT2D eigenvalue weighted by atomic mass is 16.6. The van der Waals surface area contributed by atoms with Crippen LogP contribution in [0, 0.1) is 10.1 Å². The molecule has 0 aliphatic rings. The third-order valence-corrected chi connectivity index (χ3v) is 2.76. The summed E-state index contributed by atoms with van der Waals surface area (Å²) in [5.41, 5.74) is -0.423. The summed E-state index contributed by atoms with van der Waals surface area (Å²) in [6.07, 6.45) is 2.55. The van der Waals surface area contributed by atoms with E-state index in [1.807, 2.05) is 13.8 Å². The van der Waals surface area contributed by atoms with Crippen LogP contribution < -0.4 is 0 Å². The molecule has 20 heavy (non-hydrogen) atoms. The van der Waals surface area contributed by atoms with Crippen LogP contribution in [0.15, 0.2) is 18.6 Å². The molecule has 0 aliphatic carbocycles. The zero-order valence-corrected chi connectivity index (χ0v) is 10.9. The van der Waals surface area contributed by atoms with E-state index >= 15 is 0 Å². The number of nitro groups is 1. The highest BCUT2D eigenvalue weighted by Crippen LogP contribution is 2.18. The molecule has 2 aromatic heterocycles. The lowest BCUT2D eigenvalue weighted by Crippen LogP contribution is -2.14. The first kappa shape index (κ1) is 13.7. The van der Waals surface area contributed by atoms with E-state index in [0.29, 0.717) is 5.82 Å². The number of aromatic carboxylic acids is 1. The van der Waals surface area contributed by atoms with Crippen molar-refractivity contribution in [2.75, 3.05) is 0 Å². The van der Waals surface area contributed by atoms with Crippen molar-refractivity contribution in [3.05, 3.63) is 40.2 Å². The van der Waals surface area contributed by atoms with Crippen LogP contribution in [0.5, 0.6) is 0 Å². The van der Waals surface area contributed by atoms with Gasteiger partial charge in [0.05, 0.1) is 17.7 Å². The van der Waals surface area contributed by atoms with Gasteiger partial charge in [-0.15, -0.1) is 0 Å². The van der Waals surface area contributed by atoms with Crippen molar-refractivity contribution in [1.29, 1.82) is 0 Å². The molecular weight excluding hydrogens is 266 g/mol. The second-order valence-electron chi connectivity index (χ2n) is 4.49. The second-order valence-corrected chi connectivity index (χ2v) is 4.49. The zero-order valence-electron chi connectivity index (χ0n) is 10.9. The van der Waals surface area contributed by atoms with Crippen molar-refractivity contribution in [3.63, 3.8) is 0 Å². The molecule has 0 bridgehead atoms. The maximum atomic E-state index is 11.1. The standard InChI is InChI=1S/C11H13N5O4/c1-7(2)15-10(12-6-13-15)5-14-4-8(16(19)20)3-9(14)11(17)18/h3-4,6-7H,5H2,1-2H3,(H,17,18). The van der Waals surface area contributed by atoms with E-state index in [0.717, 1.165) is 6.07 Å². The minimum atomic E-state index is -1.23. The number of hydrogen-bond acceptors (Lipinski definition) is 5. The molecule has 106 valence electrons. The summed E-state index contributed by atoms with van der Waals surface area (Å²) in [5, 5.41) is 23.9. The number of rotatable bonds is 5. The van der Waals surface area contributed by atoms with Gasteiger partial charge in [0.15, 0.2) is 0 Å². The Labute approximate surface area is 113 Å². The van der Waals surface area contributed by atoms with Crippen molar-refractivity contribution in [3.8, 4) is 0 Å². The summed E-state index contributed by atoms with van der Waals surface area (Å²) in [7, 11) is 0. The minimum Gasteiger partial charge on any atom is -0.477 e. The lowest BCUT2D eigenvalue weighted by atomic mass is 10.4. The highest BCUT2D eigenvalue weighted by Gasteiger charge is 2.20. The van der Waals surface area contributed by atoms with Gasteiger partial charge in [-0.1, -0.05) is 0 Å². The lowest BCUT2D eigenvalue weighted by molar-refractivity contribution is -0.384. The predicted molar refractivity (Wildman–Crippen MR) is 67.6 cm³/mol. The fourth-order valence-electron chi connectivity index (χ4n) is 1.88. The molecule has 2 rings (SSSR count). The van der Waals surface area contributed by atoms with E-state index in [2.05, 4.69) is 10.1 Å². The van der Waals surface area contributed by atoms with Crippen LogP contribution in [-0.2, 0) is 6.54 Å². The van der Waals surface area contributed by atoms with E-state index in [4.69, 9.17) is 5.11 Å². The number of carbonyl (C=O) groups is 1. The van der Waals surface area contributed by atoms with Crippen molar-refractivity contribution in [2.24, 2.45) is 0 Å². The zero-order chi connectivity index (χ0) is 14.9. The maximum Gasteiger partial charge on any atom is 0.352 e. The first-order valence-electron chi connectivity index (χ1n) is 5.86. The molecule has 0 spiro atoms. The number of aromatic nitrogens is 4. The Balaban J connectivity index is 2.39. The number of hydrogen-bond donors (Lipinski definition) is 1. The lowest BCUT2D eigenvalue weighted by Gasteiger charge is -2.10. The van der Waals surface area contributed by atoms with Gasteiger partial charge in [-0.05, 0) is 13.8 Å². The van der Waals surface area contributed by atoms with Crippen LogP contribution in [0.2, 0.25) is 0 Å². The Bertz CT molecular complexity index is 658. The summed E-state index contributed by atoms with van der Waals surface area (Å²) in [6, 6.07) is 1.09. The van der Waals surface area contributed by atoms with Gasteiger partial charge < -0.3 is 9.67 Å². The SMILES string of the molecule is CC(C)n1ncnc1Cn1cc([N+](=O)[O-])cc1C(=O)O. The average molecular weight is 279 g/mol. The van der Waals surface area contributed by atoms with E-state index in [1.54, 1.807) is 4.68 Å². The van der Waals surface area contributed by atoms with Gasteiger partial charge in [0.1, 0.15) is 17.8 Å². The molecule has 9 nitrogen and oxygen atoms in total. The molecular formula is C11H13N5O4. The molecule has 2 aromatic rings. The molecule has 0 unspecified atom stereocenters. The minimum absolute atomic E-state index is 0.0614. The first-order chi connectivity index (χ1) is 9.40. The molecule has 2 heterocycles. The van der Waals surface area contributed by atoms with Gasteiger partial charge in [0.25, 0.3) is 5.69 Å². The highest BCUT2D eigenvalue weighted by molar-refractivity contribution is 5.86. The second kappa shape index (κ2) is 5.11. The molecule has 0 amide bonds. The number of carboxylic acid groups (broad SMARTS) is 1. The molecule has 0 atom stereocenters. The molecule has 0 saturated carbocycles. The van der Waals surface area contributed by atoms with Gasteiger partial charge in [0.2, 0.25) is 0 Å². The van der Waals surface area contributed by atoms with Crippen molar-refractivity contribution < 1.29 is 14.8 Å². The van der Waals surface area contributed by atoms with Gasteiger partial charge in [-0.25, -0.2) is 14.5 Å². The summed E-state index contributed by atoms with van der Waals surface area (Å²) in [4.78, 5) is 25.3. The topological polar surface area (TPSA) is 116 Å². The molecule has 0 fully saturated rings. The van der Waals surface area contributed by atoms with Gasteiger partial charge >= 0.3 is 5.97 Å². The summed E-state index contributed by atoms with van der Waals surface area (Å²) in [6.45, 7) is 3.93. The summed E-state index contributed by atoms with van der Waals surface area (Å²) < 4.78 is 2.92. The van der Waals surface area contributed by atoms with Gasteiger partial charge in [0, 0.05) is 12.1 Å². The van der Waals surface area contributed by atoms with Crippen molar-refractivity contribution in [1.82, 2.24) is 19.3 Å². The van der Waals surface area contributed by atoms with Crippen LogP contribution in [0.4, 0.5) is 5.69 Å². The van der Waals surface area contributed by atoms with Gasteiger partial charge in [-0.3, -0.25) is 10.1 Å². The number of nitrogens with zero attached hydrogens (tertiary/aromatic N) is 5. The molecule has 0 radical (unpaired) electrons. The maximum absolute atomic E-state index is 11.1. The molecule has 0 aromatic carbocycles. The Kier molecular flexibility index (Phi) is 3.51. The van der Waals surface area contributed by atoms with E-state index in [1.165, 1.54) is 17.1 Å². The quantitative estimate of drug-likeness (QED) is 0.651.